The molecule has 0 atom stereocenters. The number of nitrogens with one attached hydrogen (secondary N) is 1. The van der Waals surface area contributed by atoms with Crippen LogP contribution in [0.5, 0.6) is 0 Å². The largest absolute Gasteiger partial charge is 0.385 e. The van der Waals surface area contributed by atoms with Crippen LogP contribution >= 0.6 is 0 Å². The Morgan fingerprint density at radius 1 is 1.00 bits per heavy atom. The van der Waals surface area contributed by atoms with Gasteiger partial charge in [-0.25, -0.2) is 0 Å². The minimum atomic E-state index is 0.785. The van der Waals surface area contributed by atoms with E-state index in [-0.39, 0.29) is 0 Å². The molecule has 0 fully saturated rings. The lowest BCUT2D eigenvalue weighted by molar-refractivity contribution is 0.774. The minimum Gasteiger partial charge on any atom is -0.385 e. The topological polar surface area (TPSA) is 38.0 Å². The van der Waals surface area contributed by atoms with E-state index in [0.717, 1.165) is 25.9 Å². The second-order valence-corrected chi connectivity index (χ2v) is 4.17. The van der Waals surface area contributed by atoms with Crippen LogP contribution in [0.2, 0.25) is 0 Å². The summed E-state index contributed by atoms with van der Waals surface area (Å²) in [6.07, 6.45) is 2.24. The first-order chi connectivity index (χ1) is 7.15. The van der Waals surface area contributed by atoms with Gasteiger partial charge in [-0.3, -0.25) is 0 Å². The van der Waals surface area contributed by atoms with Gasteiger partial charge in [-0.2, -0.15) is 0 Å². The van der Waals surface area contributed by atoms with Crippen molar-refractivity contribution in [3.63, 3.8) is 0 Å². The van der Waals surface area contributed by atoms with Crippen molar-refractivity contribution in [2.45, 2.75) is 33.6 Å². The van der Waals surface area contributed by atoms with Gasteiger partial charge in [0.25, 0.3) is 0 Å². The summed E-state index contributed by atoms with van der Waals surface area (Å²) in [7, 11) is 0. The molecule has 0 spiro atoms. The van der Waals surface area contributed by atoms with Gasteiger partial charge in [-0.05, 0) is 62.9 Å². The van der Waals surface area contributed by atoms with Crippen molar-refractivity contribution in [3.8, 4) is 0 Å². The Bertz CT molecular complexity index is 319. The monoisotopic (exact) mass is 206 g/mol. The highest BCUT2D eigenvalue weighted by Gasteiger charge is 2.00. The second kappa shape index (κ2) is 5.76. The number of aryl methyl sites for hydroxylation is 3. The first-order valence-electron chi connectivity index (χ1n) is 5.67. The molecule has 0 aromatic heterocycles. The van der Waals surface area contributed by atoms with Gasteiger partial charge in [0.15, 0.2) is 0 Å². The fraction of sp³-hybridized carbons (Fsp3) is 0.538. The molecule has 1 aromatic carbocycles. The summed E-state index contributed by atoms with van der Waals surface area (Å²) < 4.78 is 0. The van der Waals surface area contributed by atoms with Crippen LogP contribution in [0, 0.1) is 20.8 Å². The predicted octanol–water partition coefficient (Wildman–Crippen LogP) is 2.76. The third kappa shape index (κ3) is 3.56. The number of unbranched alkanes of at least 4 members (excludes halogenated alkanes) is 1. The van der Waals surface area contributed by atoms with Gasteiger partial charge in [-0.15, -0.1) is 0 Å². The van der Waals surface area contributed by atoms with Gasteiger partial charge in [0.1, 0.15) is 0 Å². The van der Waals surface area contributed by atoms with Gasteiger partial charge < -0.3 is 11.1 Å². The molecule has 2 nitrogen and oxygen atoms in total. The summed E-state index contributed by atoms with van der Waals surface area (Å²) in [5.41, 5.74) is 10.7. The average molecular weight is 206 g/mol. The van der Waals surface area contributed by atoms with E-state index >= 15 is 0 Å². The molecule has 0 aliphatic rings. The van der Waals surface area contributed by atoms with Crippen LogP contribution in [-0.2, 0) is 0 Å². The number of anilines is 1. The number of benzene rings is 1. The zero-order valence-corrected chi connectivity index (χ0v) is 10.1. The van der Waals surface area contributed by atoms with Crippen molar-refractivity contribution in [1.29, 1.82) is 0 Å². The zero-order chi connectivity index (χ0) is 11.3. The smallest absolute Gasteiger partial charge is 0.0372 e. The lowest BCUT2D eigenvalue weighted by Crippen LogP contribution is -2.06. The standard InChI is InChI=1S/C13H22N2/c1-10-8-12(3)13(9-11(10)2)15-7-5-4-6-14/h8-9,15H,4-7,14H2,1-3H3. The summed E-state index contributed by atoms with van der Waals surface area (Å²) >= 11 is 0. The van der Waals surface area contributed by atoms with Crippen molar-refractivity contribution < 1.29 is 0 Å². The van der Waals surface area contributed by atoms with Crippen LogP contribution in [0.25, 0.3) is 0 Å². The summed E-state index contributed by atoms with van der Waals surface area (Å²) in [6.45, 7) is 8.26. The van der Waals surface area contributed by atoms with Crippen molar-refractivity contribution in [2.24, 2.45) is 5.73 Å². The van der Waals surface area contributed by atoms with E-state index in [9.17, 15) is 0 Å². The average Bonchev–Trinajstić information content (AvgIpc) is 2.20. The minimum absolute atomic E-state index is 0.785. The normalized spacial score (nSPS) is 10.4. The van der Waals surface area contributed by atoms with Gasteiger partial charge in [0, 0.05) is 12.2 Å². The summed E-state index contributed by atoms with van der Waals surface area (Å²) in [6, 6.07) is 4.47. The third-order valence-corrected chi connectivity index (χ3v) is 2.79. The molecule has 0 saturated carbocycles. The molecule has 3 N–H and O–H groups in total. The van der Waals surface area contributed by atoms with Crippen LogP contribution in [0.15, 0.2) is 12.1 Å². The van der Waals surface area contributed by atoms with Crippen LogP contribution in [0.3, 0.4) is 0 Å². The van der Waals surface area contributed by atoms with Gasteiger partial charge in [0.2, 0.25) is 0 Å². The lowest BCUT2D eigenvalue weighted by Gasteiger charge is -2.12. The molecule has 84 valence electrons. The van der Waals surface area contributed by atoms with Gasteiger partial charge >= 0.3 is 0 Å². The van der Waals surface area contributed by atoms with E-state index < -0.39 is 0 Å². The number of hydrogen-bond acceptors (Lipinski definition) is 2. The van der Waals surface area contributed by atoms with Crippen molar-refractivity contribution in [3.05, 3.63) is 28.8 Å². The predicted molar refractivity (Wildman–Crippen MR) is 67.4 cm³/mol. The molecule has 0 heterocycles. The number of hydrogen-bond donors (Lipinski definition) is 2. The SMILES string of the molecule is Cc1cc(C)c(NCCCCN)cc1C. The fourth-order valence-electron chi connectivity index (χ4n) is 1.64. The van der Waals surface area contributed by atoms with E-state index in [1.807, 2.05) is 0 Å². The maximum atomic E-state index is 5.45. The van der Waals surface area contributed by atoms with Crippen LogP contribution in [0.1, 0.15) is 29.5 Å². The van der Waals surface area contributed by atoms with E-state index in [1.165, 1.54) is 22.4 Å². The Morgan fingerprint density at radius 2 is 1.67 bits per heavy atom. The first kappa shape index (κ1) is 12.1. The molecule has 0 aliphatic carbocycles. The molecule has 0 unspecified atom stereocenters. The van der Waals surface area contributed by atoms with Crippen LogP contribution < -0.4 is 11.1 Å². The van der Waals surface area contributed by atoms with Crippen molar-refractivity contribution in [1.82, 2.24) is 0 Å². The molecule has 0 aliphatic heterocycles. The van der Waals surface area contributed by atoms with Crippen LogP contribution in [0.4, 0.5) is 5.69 Å². The van der Waals surface area contributed by atoms with E-state index in [1.54, 1.807) is 0 Å². The zero-order valence-electron chi connectivity index (χ0n) is 10.1. The number of nitrogens with two attached hydrogens (primary N) is 1. The fourth-order valence-corrected chi connectivity index (χ4v) is 1.64. The van der Waals surface area contributed by atoms with Crippen molar-refractivity contribution >= 4 is 5.69 Å². The maximum absolute atomic E-state index is 5.45. The maximum Gasteiger partial charge on any atom is 0.0372 e. The highest BCUT2D eigenvalue weighted by Crippen LogP contribution is 2.19. The highest BCUT2D eigenvalue weighted by atomic mass is 14.9. The molecule has 1 rings (SSSR count). The summed E-state index contributed by atoms with van der Waals surface area (Å²) in [5.74, 6) is 0. The molecule has 0 amide bonds. The Labute approximate surface area is 92.9 Å². The highest BCUT2D eigenvalue weighted by molar-refractivity contribution is 5.54. The summed E-state index contributed by atoms with van der Waals surface area (Å²) in [4.78, 5) is 0. The third-order valence-electron chi connectivity index (χ3n) is 2.79. The number of rotatable bonds is 5. The molecule has 0 saturated heterocycles. The lowest BCUT2D eigenvalue weighted by atomic mass is 10.0. The molecule has 0 radical (unpaired) electrons. The molecule has 1 aromatic rings. The first-order valence-corrected chi connectivity index (χ1v) is 5.67. The summed E-state index contributed by atoms with van der Waals surface area (Å²) in [5, 5.41) is 3.46. The quantitative estimate of drug-likeness (QED) is 0.727. The van der Waals surface area contributed by atoms with Gasteiger partial charge in [0.05, 0.1) is 0 Å². The van der Waals surface area contributed by atoms with E-state index in [2.05, 4.69) is 38.2 Å². The Hall–Kier alpha value is -1.02. The Morgan fingerprint density at radius 3 is 2.33 bits per heavy atom. The van der Waals surface area contributed by atoms with E-state index in [0.29, 0.717) is 0 Å². The molecule has 2 heteroatoms. The van der Waals surface area contributed by atoms with Gasteiger partial charge in [-0.1, -0.05) is 6.07 Å². The van der Waals surface area contributed by atoms with E-state index in [4.69, 9.17) is 5.73 Å². The molecular weight excluding hydrogens is 184 g/mol. The Balaban J connectivity index is 2.57. The second-order valence-electron chi connectivity index (χ2n) is 4.17. The molecule has 0 bridgehead atoms. The van der Waals surface area contributed by atoms with Crippen LogP contribution in [-0.4, -0.2) is 13.1 Å². The van der Waals surface area contributed by atoms with Crippen molar-refractivity contribution in [2.75, 3.05) is 18.4 Å². The Kier molecular flexibility index (Phi) is 4.63. The molecular formula is C13H22N2. The molecule has 15 heavy (non-hydrogen) atoms.